The van der Waals surface area contributed by atoms with E-state index in [1.807, 2.05) is 19.1 Å². The number of hydrogen-bond acceptors (Lipinski definition) is 4. The normalized spacial score (nSPS) is 13.3. The molecule has 339 valence electrons. The van der Waals surface area contributed by atoms with Crippen LogP contribution in [-0.2, 0) is 26.5 Å². The van der Waals surface area contributed by atoms with Crippen molar-refractivity contribution in [2.75, 3.05) is 0 Å². The molecule has 67 heavy (non-hydrogen) atoms. The molecule has 6 aromatic carbocycles. The molecule has 0 aliphatic heterocycles. The molecule has 0 unspecified atom stereocenters. The molecule has 0 N–H and O–H groups in total. The fourth-order valence-electron chi connectivity index (χ4n) is 10.0. The van der Waals surface area contributed by atoms with Crippen LogP contribution in [0.3, 0.4) is 0 Å². The van der Waals surface area contributed by atoms with Crippen molar-refractivity contribution in [1.29, 1.82) is 0 Å². The van der Waals surface area contributed by atoms with Crippen molar-refractivity contribution >= 4 is 61.5 Å². The van der Waals surface area contributed by atoms with Gasteiger partial charge in [-0.05, 0) is 48.6 Å². The zero-order valence-electron chi connectivity index (χ0n) is 39.7. The predicted octanol–water partition coefficient (Wildman–Crippen LogP) is 15.6. The Labute approximate surface area is 411 Å². The molecule has 1 aliphatic carbocycles. The minimum absolute atomic E-state index is 0. The maximum atomic E-state index is 6.47. The van der Waals surface area contributed by atoms with E-state index < -0.39 is 13.3 Å². The topological polar surface area (TPSA) is 56.7 Å². The molecule has 4 heterocycles. The first kappa shape index (κ1) is 46.5. The Hall–Kier alpha value is -5.66. The first-order chi connectivity index (χ1) is 32.0. The summed E-state index contributed by atoms with van der Waals surface area (Å²) in [6, 6.07) is 54.0. The van der Waals surface area contributed by atoms with Gasteiger partial charge in [0, 0.05) is 47.8 Å². The number of para-hydroxylation sites is 1. The van der Waals surface area contributed by atoms with Gasteiger partial charge in [-0.3, -0.25) is 4.98 Å². The quantitative estimate of drug-likeness (QED) is 0.112. The van der Waals surface area contributed by atoms with Gasteiger partial charge in [-0.1, -0.05) is 89.8 Å². The average Bonchev–Trinajstić information content (AvgIpc) is 3.90. The van der Waals surface area contributed by atoms with E-state index in [2.05, 4.69) is 182 Å². The van der Waals surface area contributed by atoms with Crippen LogP contribution < -0.4 is 4.40 Å². The fraction of sp³-hybridized carbons (Fsp3) is 0.250. The van der Waals surface area contributed by atoms with Crippen molar-refractivity contribution in [3.05, 3.63) is 174 Å². The van der Waals surface area contributed by atoms with Crippen LogP contribution in [0.15, 0.2) is 144 Å². The molecule has 1 saturated carbocycles. The molecule has 0 bridgehead atoms. The summed E-state index contributed by atoms with van der Waals surface area (Å²) < 4.78 is 10.3. The summed E-state index contributed by atoms with van der Waals surface area (Å²) in [7, 11) is 0. The van der Waals surface area contributed by atoms with Gasteiger partial charge in [0.05, 0.1) is 22.4 Å². The number of imidazole rings is 1. The van der Waals surface area contributed by atoms with Crippen molar-refractivity contribution in [1.82, 2.24) is 19.5 Å². The van der Waals surface area contributed by atoms with E-state index in [-0.39, 0.29) is 20.1 Å². The van der Waals surface area contributed by atoms with Gasteiger partial charge in [0.15, 0.2) is 0 Å². The number of benzene rings is 6. The molecular weight excluding hydrogens is 1060 g/mol. The molecule has 10 aromatic rings. The molecule has 4 aromatic heterocycles. The van der Waals surface area contributed by atoms with Crippen LogP contribution in [0.5, 0.6) is 0 Å². The minimum Gasteiger partial charge on any atom is -0.486 e. The van der Waals surface area contributed by atoms with Crippen LogP contribution >= 0.6 is 0 Å². The second-order valence-electron chi connectivity index (χ2n) is 19.7. The number of nitrogens with zero attached hydrogens (tertiary/aromatic N) is 4. The molecular formula is C60H58GeIrN4O-2. The van der Waals surface area contributed by atoms with Crippen LogP contribution in [0.25, 0.3) is 83.3 Å². The van der Waals surface area contributed by atoms with E-state index in [0.29, 0.717) is 11.6 Å². The summed E-state index contributed by atoms with van der Waals surface area (Å²) in [6.07, 6.45) is 10.2. The summed E-state index contributed by atoms with van der Waals surface area (Å²) in [5, 5.41) is 4.33. The Morgan fingerprint density at radius 3 is 2.28 bits per heavy atom. The molecule has 11 rings (SSSR count). The monoisotopic (exact) mass is 1120 g/mol. The maximum absolute atomic E-state index is 6.47. The summed E-state index contributed by atoms with van der Waals surface area (Å²) in [5.41, 5.74) is 14.9. The van der Waals surface area contributed by atoms with E-state index in [1.54, 1.807) is 4.40 Å². The second kappa shape index (κ2) is 19.5. The van der Waals surface area contributed by atoms with E-state index in [4.69, 9.17) is 19.4 Å². The first-order valence-corrected chi connectivity index (χ1v) is 31.1. The van der Waals surface area contributed by atoms with Gasteiger partial charge >= 0.3 is 163 Å². The number of pyridine rings is 2. The summed E-state index contributed by atoms with van der Waals surface area (Å²) >= 11 is -1.91. The SMILES string of the molecule is CC(C)Cc1cc(-c2[c-]ccc(C3CCCCC3)c2)nc[c]1[Ge]([CH3])([CH3])[CH3].Cc1cc2c(nc1C)oc1c(-c3nc4ccc5ccccc5c4n3-c3ccccc3-c3ccccc3)[c-]ccc12.[Ir]. The third kappa shape index (κ3) is 9.33. The van der Waals surface area contributed by atoms with Crippen LogP contribution in [-0.4, -0.2) is 32.8 Å². The van der Waals surface area contributed by atoms with Gasteiger partial charge in [0.25, 0.3) is 0 Å². The smallest absolute Gasteiger partial charge is 0.216 e. The van der Waals surface area contributed by atoms with Crippen LogP contribution in [0.4, 0.5) is 0 Å². The van der Waals surface area contributed by atoms with E-state index >= 15 is 0 Å². The maximum Gasteiger partial charge on any atom is 0.216 e. The molecule has 0 atom stereocenters. The number of furan rings is 1. The number of hydrogen-bond donors (Lipinski definition) is 0. The number of fused-ring (bicyclic) bond motifs is 6. The summed E-state index contributed by atoms with van der Waals surface area (Å²) in [5.74, 6) is 9.60. The molecule has 0 spiro atoms. The van der Waals surface area contributed by atoms with Crippen molar-refractivity contribution in [2.24, 2.45) is 5.92 Å². The van der Waals surface area contributed by atoms with Crippen LogP contribution in [0, 0.1) is 31.9 Å². The van der Waals surface area contributed by atoms with Crippen molar-refractivity contribution < 1.29 is 24.5 Å². The third-order valence-electron chi connectivity index (χ3n) is 13.5. The zero-order valence-corrected chi connectivity index (χ0v) is 44.2. The first-order valence-electron chi connectivity index (χ1n) is 23.8. The van der Waals surface area contributed by atoms with Crippen molar-refractivity contribution in [2.45, 2.75) is 89.4 Å². The van der Waals surface area contributed by atoms with E-state index in [0.717, 1.165) is 90.3 Å². The van der Waals surface area contributed by atoms with Gasteiger partial charge in [-0.2, -0.15) is 0 Å². The van der Waals surface area contributed by atoms with Crippen molar-refractivity contribution in [3.63, 3.8) is 0 Å². The van der Waals surface area contributed by atoms with Gasteiger partial charge < -0.3 is 8.98 Å². The second-order valence-corrected chi connectivity index (χ2v) is 30.3. The molecule has 1 aliphatic rings. The Bertz CT molecular complexity index is 3370. The largest absolute Gasteiger partial charge is 0.486 e. The zero-order chi connectivity index (χ0) is 45.5. The van der Waals surface area contributed by atoms with Gasteiger partial charge in [-0.15, -0.1) is 18.2 Å². The molecule has 5 nitrogen and oxygen atoms in total. The van der Waals surface area contributed by atoms with Crippen molar-refractivity contribution in [3.8, 4) is 39.5 Å². The van der Waals surface area contributed by atoms with Crippen LogP contribution in [0.1, 0.15) is 74.3 Å². The molecule has 1 radical (unpaired) electrons. The molecule has 7 heteroatoms. The summed E-state index contributed by atoms with van der Waals surface area (Å²) in [4.78, 5) is 14.9. The minimum atomic E-state index is -1.91. The number of aromatic nitrogens is 4. The van der Waals surface area contributed by atoms with Gasteiger partial charge in [0.2, 0.25) is 5.71 Å². The number of aryl methyl sites for hydroxylation is 2. The average molecular weight is 1120 g/mol. The Balaban J connectivity index is 0.000000182. The Kier molecular flexibility index (Phi) is 13.5. The Morgan fingerprint density at radius 1 is 0.746 bits per heavy atom. The van der Waals surface area contributed by atoms with E-state index in [9.17, 15) is 0 Å². The number of rotatable bonds is 8. The van der Waals surface area contributed by atoms with Gasteiger partial charge in [0.1, 0.15) is 0 Å². The summed E-state index contributed by atoms with van der Waals surface area (Å²) in [6.45, 7) is 8.73. The molecule has 0 saturated heterocycles. The molecule has 0 amide bonds. The molecule has 1 fully saturated rings. The fourth-order valence-corrected chi connectivity index (χ4v) is 13.4. The Morgan fingerprint density at radius 2 is 1.49 bits per heavy atom. The standard InChI is InChI=1S/C36H24N3O.C24H34GeN.Ir/c1-22-21-30-28-16-10-17-29(34(28)40-36(30)37-23(22)2)35-38-31-20-19-25-13-6-7-15-27(25)33(31)39(35)32-18-9-8-14-26(32)24-11-4-3-5-12-24;1-18(2)14-22-16-24(26-17-23(22)25(3,4)5)21-13-9-12-20(15-21)19-10-7-6-8-11-19;/h3-16,18-21H,1-2H3;9,12,15-19H,6-8,10-11,14H2,1-5H3;/q2*-1;. The van der Waals surface area contributed by atoms with Gasteiger partial charge in [-0.25, -0.2) is 4.98 Å². The van der Waals surface area contributed by atoms with E-state index in [1.165, 1.54) is 54.2 Å². The predicted molar refractivity (Wildman–Crippen MR) is 279 cm³/mol. The van der Waals surface area contributed by atoms with Crippen LogP contribution in [0.2, 0.25) is 17.3 Å². The third-order valence-corrected chi connectivity index (χ3v) is 17.8.